The molecule has 3 aliphatic heterocycles. The Morgan fingerprint density at radius 1 is 1.00 bits per heavy atom. The molecule has 7 nitrogen and oxygen atoms in total. The molecule has 1 aromatic heterocycles. The smallest absolute Gasteiger partial charge is 0.249 e. The molecule has 0 N–H and O–H groups in total. The Kier molecular flexibility index (Phi) is 6.51. The lowest BCUT2D eigenvalue weighted by Crippen LogP contribution is -2.47. The van der Waals surface area contributed by atoms with E-state index in [0.717, 1.165) is 62.6 Å². The maximum Gasteiger partial charge on any atom is 0.249 e. The van der Waals surface area contributed by atoms with Gasteiger partial charge in [-0.3, -0.25) is 14.5 Å². The van der Waals surface area contributed by atoms with E-state index in [1.54, 1.807) is 4.90 Å². The molecule has 1 aromatic carbocycles. The number of carbonyl (C=O) groups is 2. The van der Waals surface area contributed by atoms with Crippen LogP contribution in [0, 0.1) is 0 Å². The third kappa shape index (κ3) is 4.70. The van der Waals surface area contributed by atoms with Crippen LogP contribution in [0.3, 0.4) is 0 Å². The summed E-state index contributed by atoms with van der Waals surface area (Å²) in [5, 5.41) is 0.635. The molecule has 0 unspecified atom stereocenters. The summed E-state index contributed by atoms with van der Waals surface area (Å²) in [4.78, 5) is 38.7. The summed E-state index contributed by atoms with van der Waals surface area (Å²) in [6.07, 6.45) is 4.86. The molecule has 0 bridgehead atoms. The number of amides is 2. The van der Waals surface area contributed by atoms with Gasteiger partial charge in [0.1, 0.15) is 11.9 Å². The van der Waals surface area contributed by atoms with Crippen LogP contribution < -0.4 is 9.80 Å². The van der Waals surface area contributed by atoms with Gasteiger partial charge in [-0.05, 0) is 61.7 Å². The fraction of sp³-hybridized carbons (Fsp3) is 0.480. The van der Waals surface area contributed by atoms with Crippen molar-refractivity contribution in [1.29, 1.82) is 0 Å². The van der Waals surface area contributed by atoms with Crippen LogP contribution in [0.1, 0.15) is 31.2 Å². The zero-order valence-electron chi connectivity index (χ0n) is 18.8. The minimum absolute atomic E-state index is 0.0471. The third-order valence-corrected chi connectivity index (χ3v) is 7.24. The van der Waals surface area contributed by atoms with E-state index in [-0.39, 0.29) is 17.9 Å². The number of anilines is 2. The molecule has 4 heterocycles. The standard InChI is InChI=1S/C25H30ClN5O2/c26-20-6-7-21-19(17-20)18-31-22(8-9-24(31)32)25(33)30(21)12-4-3-11-28-13-15-29(16-14-28)23-5-1-2-10-27-23/h1-2,5-7,10,17,22H,3-4,8-9,11-16,18H2/t22-/m0/s1. The summed E-state index contributed by atoms with van der Waals surface area (Å²) in [6.45, 7) is 6.18. The van der Waals surface area contributed by atoms with Gasteiger partial charge in [0, 0.05) is 62.6 Å². The van der Waals surface area contributed by atoms with Gasteiger partial charge in [0.05, 0.1) is 0 Å². The molecule has 33 heavy (non-hydrogen) atoms. The number of nitrogens with zero attached hydrogens (tertiary/aromatic N) is 5. The van der Waals surface area contributed by atoms with Crippen molar-refractivity contribution in [2.45, 2.75) is 38.3 Å². The third-order valence-electron chi connectivity index (χ3n) is 7.00. The Balaban J connectivity index is 1.17. The van der Waals surface area contributed by atoms with E-state index in [0.29, 0.717) is 31.0 Å². The van der Waals surface area contributed by atoms with Crippen molar-refractivity contribution in [2.75, 3.05) is 49.1 Å². The first kappa shape index (κ1) is 22.2. The van der Waals surface area contributed by atoms with Crippen molar-refractivity contribution in [2.24, 2.45) is 0 Å². The average molecular weight is 468 g/mol. The number of hydrogen-bond acceptors (Lipinski definition) is 5. The molecule has 2 fully saturated rings. The second-order valence-corrected chi connectivity index (χ2v) is 9.50. The minimum atomic E-state index is -0.344. The molecule has 8 heteroatoms. The van der Waals surface area contributed by atoms with Crippen LogP contribution in [0.25, 0.3) is 0 Å². The summed E-state index contributed by atoms with van der Waals surface area (Å²) in [7, 11) is 0. The van der Waals surface area contributed by atoms with E-state index < -0.39 is 0 Å². The van der Waals surface area contributed by atoms with Crippen LogP contribution in [-0.2, 0) is 16.1 Å². The van der Waals surface area contributed by atoms with Crippen LogP contribution in [0.4, 0.5) is 11.5 Å². The number of piperazine rings is 1. The normalized spacial score (nSPS) is 21.2. The number of pyridine rings is 1. The lowest BCUT2D eigenvalue weighted by atomic mass is 10.1. The SMILES string of the molecule is O=C1[C@@H]2CCC(=O)N2Cc2cc(Cl)ccc2N1CCCCN1CCN(c2ccccn2)CC1. The molecule has 174 valence electrons. The van der Waals surface area contributed by atoms with E-state index in [1.165, 1.54) is 0 Å². The molecular formula is C25H30ClN5O2. The van der Waals surface area contributed by atoms with Crippen molar-refractivity contribution in [3.05, 3.63) is 53.2 Å². The van der Waals surface area contributed by atoms with Gasteiger partial charge in [0.2, 0.25) is 11.8 Å². The monoisotopic (exact) mass is 467 g/mol. The second kappa shape index (κ2) is 9.69. The Hall–Kier alpha value is -2.64. The van der Waals surface area contributed by atoms with Crippen LogP contribution in [0.2, 0.25) is 5.02 Å². The fourth-order valence-electron chi connectivity index (χ4n) is 5.19. The Bertz CT molecular complexity index is 1010. The molecule has 0 spiro atoms. The Morgan fingerprint density at radius 3 is 2.61 bits per heavy atom. The summed E-state index contributed by atoms with van der Waals surface area (Å²) in [6, 6.07) is 11.4. The molecule has 2 amide bonds. The highest BCUT2D eigenvalue weighted by Gasteiger charge is 2.41. The lowest BCUT2D eigenvalue weighted by Gasteiger charge is -2.35. The highest BCUT2D eigenvalue weighted by atomic mass is 35.5. The second-order valence-electron chi connectivity index (χ2n) is 9.06. The fourth-order valence-corrected chi connectivity index (χ4v) is 5.39. The Morgan fingerprint density at radius 2 is 1.82 bits per heavy atom. The van der Waals surface area contributed by atoms with Crippen molar-refractivity contribution in [3.8, 4) is 0 Å². The van der Waals surface area contributed by atoms with Gasteiger partial charge in [-0.2, -0.15) is 0 Å². The van der Waals surface area contributed by atoms with Crippen molar-refractivity contribution in [3.63, 3.8) is 0 Å². The maximum atomic E-state index is 13.4. The number of halogens is 1. The topological polar surface area (TPSA) is 60.0 Å². The van der Waals surface area contributed by atoms with Crippen LogP contribution in [0.5, 0.6) is 0 Å². The molecule has 1 atom stereocenters. The first-order valence-corrected chi connectivity index (χ1v) is 12.3. The van der Waals surface area contributed by atoms with Crippen molar-refractivity contribution < 1.29 is 9.59 Å². The summed E-state index contributed by atoms with van der Waals surface area (Å²) in [5.74, 6) is 1.16. The van der Waals surface area contributed by atoms with Crippen molar-refractivity contribution >= 4 is 34.9 Å². The molecule has 0 aliphatic carbocycles. The van der Waals surface area contributed by atoms with E-state index in [9.17, 15) is 9.59 Å². The Labute approximate surface area is 199 Å². The first-order valence-electron chi connectivity index (χ1n) is 11.9. The molecule has 0 saturated carbocycles. The van der Waals surface area contributed by atoms with Gasteiger partial charge in [-0.15, -0.1) is 0 Å². The van der Waals surface area contributed by atoms with Gasteiger partial charge >= 0.3 is 0 Å². The van der Waals surface area contributed by atoms with Crippen LogP contribution in [-0.4, -0.2) is 71.9 Å². The summed E-state index contributed by atoms with van der Waals surface area (Å²) < 4.78 is 0. The van der Waals surface area contributed by atoms with Gasteiger partial charge in [-0.1, -0.05) is 17.7 Å². The minimum Gasteiger partial charge on any atom is -0.354 e. The zero-order chi connectivity index (χ0) is 22.8. The number of carbonyl (C=O) groups excluding carboxylic acids is 2. The highest BCUT2D eigenvalue weighted by molar-refractivity contribution is 6.30. The van der Waals surface area contributed by atoms with Gasteiger partial charge < -0.3 is 14.7 Å². The van der Waals surface area contributed by atoms with Crippen LogP contribution in [0.15, 0.2) is 42.6 Å². The number of unbranched alkanes of at least 4 members (excludes halogenated alkanes) is 1. The predicted octanol–water partition coefficient (Wildman–Crippen LogP) is 3.18. The molecule has 3 aliphatic rings. The number of rotatable bonds is 6. The summed E-state index contributed by atoms with van der Waals surface area (Å²) in [5.41, 5.74) is 1.86. The van der Waals surface area contributed by atoms with Crippen molar-refractivity contribution in [1.82, 2.24) is 14.8 Å². The van der Waals surface area contributed by atoms with Gasteiger partial charge in [0.15, 0.2) is 0 Å². The molecule has 0 radical (unpaired) electrons. The lowest BCUT2D eigenvalue weighted by molar-refractivity contribution is -0.134. The number of aromatic nitrogens is 1. The largest absolute Gasteiger partial charge is 0.354 e. The first-order chi connectivity index (χ1) is 16.1. The number of fused-ring (bicyclic) bond motifs is 2. The summed E-state index contributed by atoms with van der Waals surface area (Å²) >= 11 is 6.24. The number of hydrogen-bond donors (Lipinski definition) is 0. The molecular weight excluding hydrogens is 438 g/mol. The zero-order valence-corrected chi connectivity index (χ0v) is 19.6. The molecule has 2 aromatic rings. The van der Waals surface area contributed by atoms with Gasteiger partial charge in [-0.25, -0.2) is 4.98 Å². The van der Waals surface area contributed by atoms with Crippen LogP contribution >= 0.6 is 11.6 Å². The van der Waals surface area contributed by atoms with E-state index >= 15 is 0 Å². The van der Waals surface area contributed by atoms with E-state index in [2.05, 4.69) is 20.9 Å². The van der Waals surface area contributed by atoms with E-state index in [1.807, 2.05) is 41.4 Å². The maximum absolute atomic E-state index is 13.4. The molecule has 5 rings (SSSR count). The molecule has 2 saturated heterocycles. The van der Waals surface area contributed by atoms with Gasteiger partial charge in [0.25, 0.3) is 0 Å². The number of benzene rings is 1. The highest BCUT2D eigenvalue weighted by Crippen LogP contribution is 2.34. The average Bonchev–Trinajstić information content (AvgIpc) is 3.15. The van der Waals surface area contributed by atoms with E-state index in [4.69, 9.17) is 11.6 Å². The predicted molar refractivity (Wildman–Crippen MR) is 130 cm³/mol. The quantitative estimate of drug-likeness (QED) is 0.611.